The van der Waals surface area contributed by atoms with Gasteiger partial charge in [0, 0.05) is 13.0 Å². The number of carbonyl (C=O) groups is 3. The predicted octanol–water partition coefficient (Wildman–Crippen LogP) is 1.70. The molecule has 0 fully saturated rings. The summed E-state index contributed by atoms with van der Waals surface area (Å²) in [7, 11) is 0. The summed E-state index contributed by atoms with van der Waals surface area (Å²) in [6, 6.07) is 8.41. The van der Waals surface area contributed by atoms with E-state index in [1.54, 1.807) is 0 Å². The number of rotatable bonds is 12. The Hall–Kier alpha value is -2.41. The van der Waals surface area contributed by atoms with Gasteiger partial charge in [0.25, 0.3) is 0 Å². The van der Waals surface area contributed by atoms with E-state index < -0.39 is 11.9 Å². The summed E-state index contributed by atoms with van der Waals surface area (Å²) in [6.07, 6.45) is 4.36. The molecule has 0 aliphatic heterocycles. The number of hydrogen-bond acceptors (Lipinski definition) is 4. The van der Waals surface area contributed by atoms with Crippen LogP contribution in [0.1, 0.15) is 51.0 Å². The lowest BCUT2D eigenvalue weighted by Gasteiger charge is -2.18. The maximum absolute atomic E-state index is 12.3. The Kier molecular flexibility index (Phi) is 10.7. The Morgan fingerprint density at radius 3 is 2.42 bits per heavy atom. The first-order valence-electron chi connectivity index (χ1n) is 9.10. The molecule has 7 nitrogen and oxygen atoms in total. The Balaban J connectivity index is 2.54. The molecule has 1 rings (SSSR count). The Morgan fingerprint density at radius 2 is 1.77 bits per heavy atom. The summed E-state index contributed by atoms with van der Waals surface area (Å²) in [5, 5.41) is 14.1. The second kappa shape index (κ2) is 12.9. The number of hydrogen-bond donors (Lipinski definition) is 4. The molecule has 0 bridgehead atoms. The third-order valence-corrected chi connectivity index (χ3v) is 3.97. The van der Waals surface area contributed by atoms with Crippen molar-refractivity contribution in [2.45, 2.75) is 57.9 Å². The van der Waals surface area contributed by atoms with E-state index in [-0.39, 0.29) is 31.1 Å². The minimum absolute atomic E-state index is 0.0595. The van der Waals surface area contributed by atoms with Gasteiger partial charge in [-0.1, -0.05) is 56.5 Å². The Morgan fingerprint density at radius 1 is 1.04 bits per heavy atom. The molecule has 0 spiro atoms. The first kappa shape index (κ1) is 21.6. The van der Waals surface area contributed by atoms with Crippen molar-refractivity contribution in [1.82, 2.24) is 16.1 Å². The van der Waals surface area contributed by atoms with Gasteiger partial charge in [-0.3, -0.25) is 19.6 Å². The first-order chi connectivity index (χ1) is 12.6. The van der Waals surface area contributed by atoms with E-state index in [4.69, 9.17) is 5.21 Å². The van der Waals surface area contributed by atoms with Crippen molar-refractivity contribution >= 4 is 17.7 Å². The number of benzene rings is 1. The molecule has 1 aromatic carbocycles. The van der Waals surface area contributed by atoms with Crippen LogP contribution in [0.4, 0.5) is 0 Å². The van der Waals surface area contributed by atoms with Gasteiger partial charge in [0.05, 0.1) is 6.42 Å². The molecule has 0 saturated heterocycles. The Bertz CT molecular complexity index is 563. The van der Waals surface area contributed by atoms with Crippen LogP contribution in [-0.4, -0.2) is 35.5 Å². The van der Waals surface area contributed by atoms with Crippen LogP contribution in [0, 0.1) is 0 Å². The van der Waals surface area contributed by atoms with Crippen LogP contribution in [-0.2, 0) is 20.8 Å². The normalized spacial score (nSPS) is 11.5. The van der Waals surface area contributed by atoms with E-state index in [0.717, 1.165) is 31.2 Å². The van der Waals surface area contributed by atoms with Crippen LogP contribution in [0.3, 0.4) is 0 Å². The lowest BCUT2D eigenvalue weighted by atomic mass is 10.1. The topological polar surface area (TPSA) is 108 Å². The molecule has 0 aromatic heterocycles. The van der Waals surface area contributed by atoms with E-state index in [1.807, 2.05) is 30.3 Å². The number of unbranched alkanes of at least 4 members (excludes halogenated alkanes) is 3. The van der Waals surface area contributed by atoms with Crippen molar-refractivity contribution in [1.29, 1.82) is 0 Å². The molecule has 0 aliphatic carbocycles. The fraction of sp³-hybridized carbons (Fsp3) is 0.526. The highest BCUT2D eigenvalue weighted by Gasteiger charge is 2.21. The summed E-state index contributed by atoms with van der Waals surface area (Å²) in [6.45, 7) is 2.65. The van der Waals surface area contributed by atoms with Crippen molar-refractivity contribution in [2.24, 2.45) is 0 Å². The SMILES string of the molecule is CCCCCCNC(=O)[C@H](CCC(=O)NO)NC(=O)Cc1ccccc1. The fourth-order valence-corrected chi connectivity index (χ4v) is 2.51. The van der Waals surface area contributed by atoms with Crippen LogP contribution >= 0.6 is 0 Å². The monoisotopic (exact) mass is 363 g/mol. The quantitative estimate of drug-likeness (QED) is 0.257. The molecular formula is C19H29N3O4. The molecule has 4 N–H and O–H groups in total. The zero-order chi connectivity index (χ0) is 19.2. The minimum atomic E-state index is -0.810. The van der Waals surface area contributed by atoms with Gasteiger partial charge in [-0.15, -0.1) is 0 Å². The molecule has 0 saturated carbocycles. The second-order valence-corrected chi connectivity index (χ2v) is 6.21. The molecule has 3 amide bonds. The summed E-state index contributed by atoms with van der Waals surface area (Å²) in [5.74, 6) is -1.19. The maximum Gasteiger partial charge on any atom is 0.243 e. The lowest BCUT2D eigenvalue weighted by Crippen LogP contribution is -2.47. The fourth-order valence-electron chi connectivity index (χ4n) is 2.51. The molecule has 0 radical (unpaired) electrons. The number of hydroxylamine groups is 1. The van der Waals surface area contributed by atoms with Crippen LogP contribution in [0.2, 0.25) is 0 Å². The van der Waals surface area contributed by atoms with Crippen molar-refractivity contribution in [3.63, 3.8) is 0 Å². The zero-order valence-corrected chi connectivity index (χ0v) is 15.3. The largest absolute Gasteiger partial charge is 0.354 e. The highest BCUT2D eigenvalue weighted by Crippen LogP contribution is 2.03. The van der Waals surface area contributed by atoms with Crippen molar-refractivity contribution in [3.8, 4) is 0 Å². The summed E-state index contributed by atoms with van der Waals surface area (Å²) in [5.41, 5.74) is 2.38. The molecule has 0 unspecified atom stereocenters. The highest BCUT2D eigenvalue weighted by molar-refractivity contribution is 5.88. The second-order valence-electron chi connectivity index (χ2n) is 6.21. The minimum Gasteiger partial charge on any atom is -0.354 e. The van der Waals surface area contributed by atoms with Crippen LogP contribution in [0.15, 0.2) is 30.3 Å². The molecule has 1 atom stereocenters. The molecule has 144 valence electrons. The van der Waals surface area contributed by atoms with E-state index in [9.17, 15) is 14.4 Å². The van der Waals surface area contributed by atoms with Gasteiger partial charge in [0.15, 0.2) is 0 Å². The average Bonchev–Trinajstić information content (AvgIpc) is 2.65. The van der Waals surface area contributed by atoms with Gasteiger partial charge in [-0.25, -0.2) is 5.48 Å². The van der Waals surface area contributed by atoms with Gasteiger partial charge in [-0.05, 0) is 18.4 Å². The van der Waals surface area contributed by atoms with Crippen molar-refractivity contribution in [3.05, 3.63) is 35.9 Å². The molecule has 1 aromatic rings. The standard InChI is InChI=1S/C19H29N3O4/c1-2-3-4-8-13-20-19(25)16(11-12-17(23)22-26)21-18(24)14-15-9-6-5-7-10-15/h5-7,9-10,16,26H,2-4,8,11-14H2,1H3,(H,20,25)(H,21,24)(H,22,23)/t16-/m0/s1. The van der Waals surface area contributed by atoms with Gasteiger partial charge in [0.1, 0.15) is 6.04 Å². The Labute approximate surface area is 154 Å². The van der Waals surface area contributed by atoms with Crippen LogP contribution in [0.25, 0.3) is 0 Å². The lowest BCUT2D eigenvalue weighted by molar-refractivity contribution is -0.131. The van der Waals surface area contributed by atoms with Crippen molar-refractivity contribution < 1.29 is 19.6 Å². The molecular weight excluding hydrogens is 334 g/mol. The first-order valence-corrected chi connectivity index (χ1v) is 9.10. The molecule has 0 aliphatic rings. The van der Waals surface area contributed by atoms with E-state index in [2.05, 4.69) is 17.6 Å². The summed E-state index contributed by atoms with van der Waals surface area (Å²) in [4.78, 5) is 35.8. The smallest absolute Gasteiger partial charge is 0.243 e. The summed E-state index contributed by atoms with van der Waals surface area (Å²) < 4.78 is 0. The molecule has 7 heteroatoms. The van der Waals surface area contributed by atoms with Crippen molar-refractivity contribution in [2.75, 3.05) is 6.54 Å². The van der Waals surface area contributed by atoms with Gasteiger partial charge in [-0.2, -0.15) is 0 Å². The van der Waals surface area contributed by atoms with Gasteiger partial charge in [0.2, 0.25) is 17.7 Å². The van der Waals surface area contributed by atoms with Gasteiger partial charge < -0.3 is 10.6 Å². The zero-order valence-electron chi connectivity index (χ0n) is 15.3. The summed E-state index contributed by atoms with van der Waals surface area (Å²) >= 11 is 0. The van der Waals surface area contributed by atoms with Crippen LogP contribution in [0.5, 0.6) is 0 Å². The number of amides is 3. The van der Waals surface area contributed by atoms with E-state index >= 15 is 0 Å². The third kappa shape index (κ3) is 9.17. The van der Waals surface area contributed by atoms with Crippen LogP contribution < -0.4 is 16.1 Å². The van der Waals surface area contributed by atoms with Gasteiger partial charge >= 0.3 is 0 Å². The number of carbonyl (C=O) groups excluding carboxylic acids is 3. The van der Waals surface area contributed by atoms with E-state index in [0.29, 0.717) is 6.54 Å². The third-order valence-electron chi connectivity index (χ3n) is 3.97. The van der Waals surface area contributed by atoms with E-state index in [1.165, 1.54) is 5.48 Å². The molecule has 0 heterocycles. The highest BCUT2D eigenvalue weighted by atomic mass is 16.5. The molecule has 26 heavy (non-hydrogen) atoms. The average molecular weight is 363 g/mol. The predicted molar refractivity (Wildman–Crippen MR) is 98.4 cm³/mol. The maximum atomic E-state index is 12.3. The number of nitrogens with one attached hydrogen (secondary N) is 3.